The highest BCUT2D eigenvalue weighted by Crippen LogP contribution is 2.31. The fourth-order valence-electron chi connectivity index (χ4n) is 1.64. The molecule has 98 valence electrons. The zero-order valence-corrected chi connectivity index (χ0v) is 10.8. The Bertz CT molecular complexity index is 662. The third-order valence-electron chi connectivity index (χ3n) is 2.36. The summed E-state index contributed by atoms with van der Waals surface area (Å²) < 4.78 is 20.5. The van der Waals surface area contributed by atoms with Gasteiger partial charge in [-0.25, -0.2) is 9.07 Å². The van der Waals surface area contributed by atoms with Gasteiger partial charge in [0.05, 0.1) is 6.61 Å². The second-order valence-electron chi connectivity index (χ2n) is 3.65. The molecule has 0 fully saturated rings. The number of nitrogen functional groups attached to an aromatic ring is 1. The number of hydrogen-bond acceptors (Lipinski definition) is 4. The van der Waals surface area contributed by atoms with E-state index in [1.807, 2.05) is 6.07 Å². The van der Waals surface area contributed by atoms with Crippen LogP contribution < -0.4 is 10.5 Å². The molecule has 0 saturated heterocycles. The van der Waals surface area contributed by atoms with Crippen LogP contribution in [0.15, 0.2) is 18.2 Å². The summed E-state index contributed by atoms with van der Waals surface area (Å²) in [7, 11) is 0. The van der Waals surface area contributed by atoms with Crippen LogP contribution in [0.1, 0.15) is 12.6 Å². The lowest BCUT2D eigenvalue weighted by Crippen LogP contribution is -2.07. The van der Waals surface area contributed by atoms with E-state index in [1.54, 1.807) is 6.92 Å². The summed E-state index contributed by atoms with van der Waals surface area (Å²) in [6.45, 7) is 2.09. The molecule has 0 bridgehead atoms. The molecule has 0 unspecified atom stereocenters. The third kappa shape index (κ3) is 2.46. The fourth-order valence-corrected chi connectivity index (χ4v) is 1.84. The molecule has 0 aliphatic rings. The number of nitrogens with two attached hydrogens (primary N) is 1. The van der Waals surface area contributed by atoms with Gasteiger partial charge in [-0.05, 0) is 13.0 Å². The summed E-state index contributed by atoms with van der Waals surface area (Å²) in [5, 5.41) is 12.9. The topological polar surface area (TPSA) is 76.9 Å². The van der Waals surface area contributed by atoms with E-state index < -0.39 is 5.82 Å². The van der Waals surface area contributed by atoms with Gasteiger partial charge >= 0.3 is 0 Å². The van der Waals surface area contributed by atoms with Crippen LogP contribution in [0.4, 0.5) is 10.2 Å². The minimum absolute atomic E-state index is 0.0326. The predicted molar refractivity (Wildman–Crippen MR) is 68.8 cm³/mol. The van der Waals surface area contributed by atoms with Gasteiger partial charge in [0.1, 0.15) is 23.3 Å². The number of nitrogens with zero attached hydrogens (tertiary/aromatic N) is 3. The number of hydrogen-bond donors (Lipinski definition) is 1. The third-order valence-corrected chi connectivity index (χ3v) is 2.57. The second-order valence-corrected chi connectivity index (χ2v) is 4.08. The van der Waals surface area contributed by atoms with Crippen molar-refractivity contribution >= 4 is 17.4 Å². The van der Waals surface area contributed by atoms with Gasteiger partial charge in [0.25, 0.3) is 0 Å². The number of aromatic nitrogens is 2. The van der Waals surface area contributed by atoms with Crippen LogP contribution in [0.25, 0.3) is 5.69 Å². The molecule has 1 aromatic heterocycles. The summed E-state index contributed by atoms with van der Waals surface area (Å²) in [6.07, 6.45) is 0. The van der Waals surface area contributed by atoms with Crippen LogP contribution in [0, 0.1) is 17.1 Å². The quantitative estimate of drug-likeness (QED) is 0.937. The molecule has 0 spiro atoms. The van der Waals surface area contributed by atoms with E-state index in [-0.39, 0.29) is 28.0 Å². The first-order valence-electron chi connectivity index (χ1n) is 5.44. The van der Waals surface area contributed by atoms with Gasteiger partial charge < -0.3 is 10.5 Å². The molecule has 2 aromatic rings. The van der Waals surface area contributed by atoms with Crippen molar-refractivity contribution in [2.75, 3.05) is 12.3 Å². The van der Waals surface area contributed by atoms with Crippen molar-refractivity contribution in [2.24, 2.45) is 0 Å². The smallest absolute Gasteiger partial charge is 0.165 e. The predicted octanol–water partition coefficient (Wildman–Crippen LogP) is 2.52. The Balaban J connectivity index is 2.66. The maximum atomic E-state index is 14.0. The van der Waals surface area contributed by atoms with E-state index >= 15 is 0 Å². The zero-order chi connectivity index (χ0) is 14.0. The number of halogens is 2. The van der Waals surface area contributed by atoms with Crippen molar-refractivity contribution in [3.8, 4) is 17.5 Å². The SMILES string of the molecule is CCOc1cc(Cl)cc(F)c1-n1nc(C#N)cc1N. The number of anilines is 1. The molecule has 2 N–H and O–H groups in total. The molecule has 0 saturated carbocycles. The highest BCUT2D eigenvalue weighted by atomic mass is 35.5. The molecule has 0 aliphatic heterocycles. The van der Waals surface area contributed by atoms with Crippen molar-refractivity contribution in [3.05, 3.63) is 34.7 Å². The first-order chi connectivity index (χ1) is 9.06. The van der Waals surface area contributed by atoms with E-state index in [0.29, 0.717) is 6.61 Å². The molecule has 0 amide bonds. The Kier molecular flexibility index (Phi) is 3.58. The lowest BCUT2D eigenvalue weighted by molar-refractivity contribution is 0.336. The van der Waals surface area contributed by atoms with Gasteiger partial charge in [-0.2, -0.15) is 10.4 Å². The first-order valence-corrected chi connectivity index (χ1v) is 5.82. The van der Waals surface area contributed by atoms with Crippen molar-refractivity contribution in [1.82, 2.24) is 9.78 Å². The summed E-state index contributed by atoms with van der Waals surface area (Å²) >= 11 is 5.78. The average Bonchev–Trinajstić information content (AvgIpc) is 2.70. The maximum Gasteiger partial charge on any atom is 0.165 e. The summed E-state index contributed by atoms with van der Waals surface area (Å²) in [5.74, 6) is -0.277. The molecule has 2 rings (SSSR count). The average molecular weight is 281 g/mol. The summed E-state index contributed by atoms with van der Waals surface area (Å²) in [4.78, 5) is 0. The van der Waals surface area contributed by atoms with Crippen LogP contribution in [0.2, 0.25) is 5.02 Å². The first kappa shape index (κ1) is 13.2. The Labute approximate surface area is 114 Å². The van der Waals surface area contributed by atoms with E-state index in [1.165, 1.54) is 12.1 Å². The Morgan fingerprint density at radius 2 is 2.26 bits per heavy atom. The van der Waals surface area contributed by atoms with Crippen molar-refractivity contribution in [1.29, 1.82) is 5.26 Å². The Hall–Kier alpha value is -2.26. The summed E-state index contributed by atoms with van der Waals surface area (Å²) in [6, 6.07) is 5.79. The van der Waals surface area contributed by atoms with E-state index in [4.69, 9.17) is 27.3 Å². The van der Waals surface area contributed by atoms with Crippen LogP contribution in [0.5, 0.6) is 5.75 Å². The number of ether oxygens (including phenoxy) is 1. The van der Waals surface area contributed by atoms with Gasteiger partial charge in [-0.15, -0.1) is 0 Å². The van der Waals surface area contributed by atoms with E-state index in [9.17, 15) is 4.39 Å². The van der Waals surface area contributed by atoms with Crippen LogP contribution in [0.3, 0.4) is 0 Å². The normalized spacial score (nSPS) is 10.2. The van der Waals surface area contributed by atoms with Gasteiger partial charge in [0, 0.05) is 17.2 Å². The molecule has 5 nitrogen and oxygen atoms in total. The number of benzene rings is 1. The minimum atomic E-state index is -0.629. The Morgan fingerprint density at radius 3 is 2.84 bits per heavy atom. The highest BCUT2D eigenvalue weighted by molar-refractivity contribution is 6.30. The molecule has 1 aromatic carbocycles. The number of rotatable bonds is 3. The molecular formula is C12H10ClFN4O. The largest absolute Gasteiger partial charge is 0.491 e. The number of nitriles is 1. The van der Waals surface area contributed by atoms with Crippen LogP contribution in [-0.4, -0.2) is 16.4 Å². The maximum absolute atomic E-state index is 14.0. The second kappa shape index (κ2) is 5.16. The van der Waals surface area contributed by atoms with E-state index in [0.717, 1.165) is 10.7 Å². The Morgan fingerprint density at radius 1 is 1.53 bits per heavy atom. The van der Waals surface area contributed by atoms with Crippen LogP contribution >= 0.6 is 11.6 Å². The van der Waals surface area contributed by atoms with Crippen molar-refractivity contribution in [3.63, 3.8) is 0 Å². The molecular weight excluding hydrogens is 271 g/mol. The van der Waals surface area contributed by atoms with Crippen LogP contribution in [-0.2, 0) is 0 Å². The molecule has 0 aliphatic carbocycles. The lowest BCUT2D eigenvalue weighted by Gasteiger charge is -2.12. The van der Waals surface area contributed by atoms with Gasteiger partial charge in [0.15, 0.2) is 11.5 Å². The van der Waals surface area contributed by atoms with Gasteiger partial charge in [-0.1, -0.05) is 11.6 Å². The monoisotopic (exact) mass is 280 g/mol. The van der Waals surface area contributed by atoms with Gasteiger partial charge in [-0.3, -0.25) is 0 Å². The minimum Gasteiger partial charge on any atom is -0.491 e. The van der Waals surface area contributed by atoms with Gasteiger partial charge in [0.2, 0.25) is 0 Å². The summed E-state index contributed by atoms with van der Waals surface area (Å²) in [5.41, 5.74) is 5.84. The fraction of sp³-hybridized carbons (Fsp3) is 0.167. The molecule has 19 heavy (non-hydrogen) atoms. The molecule has 0 atom stereocenters. The van der Waals surface area contributed by atoms with E-state index in [2.05, 4.69) is 5.10 Å². The standard InChI is InChI=1S/C12H10ClFN4O/c1-2-19-10-4-7(13)3-9(14)12(10)18-11(16)5-8(6-15)17-18/h3-5H,2,16H2,1H3. The van der Waals surface area contributed by atoms with Crippen molar-refractivity contribution < 1.29 is 9.13 Å². The lowest BCUT2D eigenvalue weighted by atomic mass is 10.2. The molecule has 1 heterocycles. The van der Waals surface area contributed by atoms with Crippen molar-refractivity contribution in [2.45, 2.75) is 6.92 Å². The molecule has 0 radical (unpaired) electrons. The highest BCUT2D eigenvalue weighted by Gasteiger charge is 2.17. The zero-order valence-electron chi connectivity index (χ0n) is 10.0. The molecule has 7 heteroatoms.